The van der Waals surface area contributed by atoms with E-state index in [0.717, 1.165) is 12.1 Å². The Kier molecular flexibility index (Phi) is 3.80. The summed E-state index contributed by atoms with van der Waals surface area (Å²) < 4.78 is 53.4. The van der Waals surface area contributed by atoms with E-state index >= 15 is 0 Å². The van der Waals surface area contributed by atoms with Crippen LogP contribution in [0.2, 0.25) is 0 Å². The maximum Gasteiger partial charge on any atom is 0.416 e. The van der Waals surface area contributed by atoms with Crippen LogP contribution in [0.15, 0.2) is 30.6 Å². The van der Waals surface area contributed by atoms with Crippen molar-refractivity contribution < 1.29 is 17.6 Å². The molecule has 0 aliphatic carbocycles. The maximum atomic E-state index is 13.2. The van der Waals surface area contributed by atoms with Crippen LogP contribution in [-0.4, -0.2) is 9.78 Å². The fourth-order valence-electron chi connectivity index (χ4n) is 2.04. The summed E-state index contributed by atoms with van der Waals surface area (Å²) in [5, 5.41) is 3.92. The van der Waals surface area contributed by atoms with Crippen LogP contribution in [0, 0.1) is 5.82 Å². The molecule has 2 N–H and O–H groups in total. The van der Waals surface area contributed by atoms with Gasteiger partial charge in [-0.05, 0) is 35.7 Å². The standard InChI is InChI=1S/C13H13F4N3/c1-20-7-8(6-19-20)4-12(18)10-5-9(14)2-3-11(10)13(15,16)17/h2-3,5-7,12H,4,18H2,1H3. The van der Waals surface area contributed by atoms with Gasteiger partial charge in [0.15, 0.2) is 0 Å². The van der Waals surface area contributed by atoms with Crippen LogP contribution in [0.1, 0.15) is 22.7 Å². The third kappa shape index (κ3) is 3.16. The molecule has 3 nitrogen and oxygen atoms in total. The van der Waals surface area contributed by atoms with Crippen molar-refractivity contribution in [1.29, 1.82) is 0 Å². The summed E-state index contributed by atoms with van der Waals surface area (Å²) in [6.45, 7) is 0. The lowest BCUT2D eigenvalue weighted by molar-refractivity contribution is -0.138. The van der Waals surface area contributed by atoms with Gasteiger partial charge in [-0.15, -0.1) is 0 Å². The van der Waals surface area contributed by atoms with Gasteiger partial charge in [-0.25, -0.2) is 4.39 Å². The Hall–Kier alpha value is -1.89. The van der Waals surface area contributed by atoms with Crippen molar-refractivity contribution in [3.05, 3.63) is 53.1 Å². The predicted octanol–water partition coefficient (Wildman–Crippen LogP) is 2.82. The van der Waals surface area contributed by atoms with Gasteiger partial charge in [0.05, 0.1) is 11.8 Å². The Bertz CT molecular complexity index is 604. The molecule has 1 unspecified atom stereocenters. The van der Waals surface area contributed by atoms with E-state index in [1.807, 2.05) is 0 Å². The monoisotopic (exact) mass is 287 g/mol. The number of benzene rings is 1. The number of halogens is 4. The molecule has 0 fully saturated rings. The molecular formula is C13H13F4N3. The van der Waals surface area contributed by atoms with E-state index in [0.29, 0.717) is 11.6 Å². The summed E-state index contributed by atoms with van der Waals surface area (Å²) in [4.78, 5) is 0. The smallest absolute Gasteiger partial charge is 0.324 e. The van der Waals surface area contributed by atoms with Gasteiger partial charge in [0.2, 0.25) is 0 Å². The fraction of sp³-hybridized carbons (Fsp3) is 0.308. The number of aryl methyl sites for hydroxylation is 1. The number of nitrogens with zero attached hydrogens (tertiary/aromatic N) is 2. The van der Waals surface area contributed by atoms with Crippen LogP contribution in [0.5, 0.6) is 0 Å². The highest BCUT2D eigenvalue weighted by atomic mass is 19.4. The van der Waals surface area contributed by atoms with Gasteiger partial charge in [-0.2, -0.15) is 18.3 Å². The van der Waals surface area contributed by atoms with Gasteiger partial charge in [-0.3, -0.25) is 4.68 Å². The lowest BCUT2D eigenvalue weighted by atomic mass is 9.96. The molecule has 1 aromatic carbocycles. The third-order valence-corrected chi connectivity index (χ3v) is 2.93. The van der Waals surface area contributed by atoms with E-state index in [1.54, 1.807) is 13.2 Å². The van der Waals surface area contributed by atoms with Gasteiger partial charge < -0.3 is 5.73 Å². The number of nitrogens with two attached hydrogens (primary N) is 1. The van der Waals surface area contributed by atoms with E-state index in [1.165, 1.54) is 10.9 Å². The van der Waals surface area contributed by atoms with Crippen molar-refractivity contribution in [3.63, 3.8) is 0 Å². The molecule has 0 saturated heterocycles. The van der Waals surface area contributed by atoms with E-state index in [4.69, 9.17) is 5.73 Å². The molecule has 0 spiro atoms. The van der Waals surface area contributed by atoms with E-state index in [9.17, 15) is 17.6 Å². The second-order valence-electron chi connectivity index (χ2n) is 4.56. The predicted molar refractivity (Wildman–Crippen MR) is 65.2 cm³/mol. The highest BCUT2D eigenvalue weighted by molar-refractivity contribution is 5.33. The minimum absolute atomic E-state index is 0.153. The molecule has 1 atom stereocenters. The Morgan fingerprint density at radius 2 is 2.05 bits per heavy atom. The average Bonchev–Trinajstić information content (AvgIpc) is 2.73. The van der Waals surface area contributed by atoms with Crippen LogP contribution >= 0.6 is 0 Å². The Balaban J connectivity index is 2.33. The molecule has 2 aromatic rings. The zero-order valence-corrected chi connectivity index (χ0v) is 10.7. The molecule has 20 heavy (non-hydrogen) atoms. The number of aromatic nitrogens is 2. The van der Waals surface area contributed by atoms with Crippen LogP contribution in [0.25, 0.3) is 0 Å². The zero-order valence-electron chi connectivity index (χ0n) is 10.7. The molecule has 0 aliphatic heterocycles. The lowest BCUT2D eigenvalue weighted by Crippen LogP contribution is -2.19. The molecule has 0 saturated carbocycles. The van der Waals surface area contributed by atoms with E-state index in [2.05, 4.69) is 5.10 Å². The highest BCUT2D eigenvalue weighted by Crippen LogP contribution is 2.35. The van der Waals surface area contributed by atoms with Crippen molar-refractivity contribution in [2.24, 2.45) is 12.8 Å². The van der Waals surface area contributed by atoms with Gasteiger partial charge in [0.1, 0.15) is 5.82 Å². The lowest BCUT2D eigenvalue weighted by Gasteiger charge is -2.18. The summed E-state index contributed by atoms with van der Waals surface area (Å²) in [6.07, 6.45) is -1.23. The minimum Gasteiger partial charge on any atom is -0.324 e. The van der Waals surface area contributed by atoms with Crippen molar-refractivity contribution in [2.75, 3.05) is 0 Å². The number of alkyl halides is 3. The van der Waals surface area contributed by atoms with Crippen molar-refractivity contribution in [2.45, 2.75) is 18.6 Å². The summed E-state index contributed by atoms with van der Waals surface area (Å²) >= 11 is 0. The van der Waals surface area contributed by atoms with Gasteiger partial charge >= 0.3 is 6.18 Å². The Morgan fingerprint density at radius 1 is 1.35 bits per heavy atom. The van der Waals surface area contributed by atoms with Gasteiger partial charge in [0.25, 0.3) is 0 Å². The highest BCUT2D eigenvalue weighted by Gasteiger charge is 2.34. The maximum absolute atomic E-state index is 13.2. The van der Waals surface area contributed by atoms with E-state index < -0.39 is 23.6 Å². The first-order chi connectivity index (χ1) is 9.27. The van der Waals surface area contributed by atoms with Crippen LogP contribution < -0.4 is 5.73 Å². The number of hydrogen-bond acceptors (Lipinski definition) is 2. The zero-order chi connectivity index (χ0) is 14.9. The van der Waals surface area contributed by atoms with Gasteiger partial charge in [-0.1, -0.05) is 0 Å². The molecule has 0 bridgehead atoms. The molecule has 2 rings (SSSR count). The van der Waals surface area contributed by atoms with Crippen LogP contribution in [0.4, 0.5) is 17.6 Å². The second kappa shape index (κ2) is 5.24. The summed E-state index contributed by atoms with van der Waals surface area (Å²) in [5.74, 6) is -0.741. The largest absolute Gasteiger partial charge is 0.416 e. The van der Waals surface area contributed by atoms with Crippen molar-refractivity contribution in [3.8, 4) is 0 Å². The molecule has 0 amide bonds. The molecule has 0 aliphatic rings. The first-order valence-corrected chi connectivity index (χ1v) is 5.87. The van der Waals surface area contributed by atoms with Crippen molar-refractivity contribution >= 4 is 0 Å². The number of rotatable bonds is 3. The van der Waals surface area contributed by atoms with Crippen LogP contribution in [0.3, 0.4) is 0 Å². The summed E-state index contributed by atoms with van der Waals surface area (Å²) in [6, 6.07) is 1.38. The molecule has 0 radical (unpaired) electrons. The molecular weight excluding hydrogens is 274 g/mol. The second-order valence-corrected chi connectivity index (χ2v) is 4.56. The molecule has 7 heteroatoms. The topological polar surface area (TPSA) is 43.8 Å². The fourth-order valence-corrected chi connectivity index (χ4v) is 2.04. The molecule has 1 aromatic heterocycles. The minimum atomic E-state index is -4.56. The third-order valence-electron chi connectivity index (χ3n) is 2.93. The molecule has 1 heterocycles. The average molecular weight is 287 g/mol. The van der Waals surface area contributed by atoms with E-state index in [-0.39, 0.29) is 12.0 Å². The van der Waals surface area contributed by atoms with Crippen LogP contribution in [-0.2, 0) is 19.6 Å². The Labute approximate surface area is 113 Å². The summed E-state index contributed by atoms with van der Waals surface area (Å²) in [5.41, 5.74) is 5.34. The normalized spacial score (nSPS) is 13.5. The summed E-state index contributed by atoms with van der Waals surface area (Å²) in [7, 11) is 1.69. The quantitative estimate of drug-likeness (QED) is 0.882. The SMILES string of the molecule is Cn1cc(CC(N)c2cc(F)ccc2C(F)(F)F)cn1. The Morgan fingerprint density at radius 3 is 2.60 bits per heavy atom. The first kappa shape index (κ1) is 14.5. The molecule has 108 valence electrons. The first-order valence-electron chi connectivity index (χ1n) is 5.87. The number of hydrogen-bond donors (Lipinski definition) is 1. The van der Waals surface area contributed by atoms with Gasteiger partial charge in [0, 0.05) is 19.3 Å². The van der Waals surface area contributed by atoms with Crippen molar-refractivity contribution in [1.82, 2.24) is 9.78 Å².